The van der Waals surface area contributed by atoms with Crippen LogP contribution >= 0.6 is 0 Å². The third-order valence-electron chi connectivity index (χ3n) is 3.58. The van der Waals surface area contributed by atoms with E-state index in [9.17, 15) is 10.2 Å². The highest BCUT2D eigenvalue weighted by atomic mass is 16.3. The number of benzene rings is 2. The lowest BCUT2D eigenvalue weighted by atomic mass is 9.93. The lowest BCUT2D eigenvalue weighted by Gasteiger charge is -2.13. The van der Waals surface area contributed by atoms with Crippen LogP contribution in [0.1, 0.15) is 36.1 Å². The molecule has 2 nitrogen and oxygen atoms in total. The Morgan fingerprint density at radius 1 is 0.737 bits per heavy atom. The van der Waals surface area contributed by atoms with Gasteiger partial charge in [0.1, 0.15) is 11.5 Å². The van der Waals surface area contributed by atoms with Crippen molar-refractivity contribution in [1.29, 1.82) is 0 Å². The Balaban J connectivity index is 2.42. The average molecular weight is 256 g/mol. The first-order valence-corrected chi connectivity index (χ1v) is 6.76. The van der Waals surface area contributed by atoms with Crippen molar-refractivity contribution in [3.05, 3.63) is 58.7 Å². The third-order valence-corrected chi connectivity index (χ3v) is 3.58. The summed E-state index contributed by atoms with van der Waals surface area (Å²) in [5.41, 5.74) is 4.24. The van der Waals surface area contributed by atoms with E-state index in [1.807, 2.05) is 38.1 Å². The van der Waals surface area contributed by atoms with Crippen LogP contribution in [0.3, 0.4) is 0 Å². The molecule has 0 aromatic heterocycles. The highest BCUT2D eigenvalue weighted by Crippen LogP contribution is 2.28. The molecule has 0 amide bonds. The minimum absolute atomic E-state index is 0.359. The van der Waals surface area contributed by atoms with Gasteiger partial charge in [0.25, 0.3) is 0 Å². The molecule has 0 spiro atoms. The molecule has 0 saturated carbocycles. The zero-order valence-corrected chi connectivity index (χ0v) is 11.5. The molecule has 2 aromatic rings. The Labute approximate surface area is 114 Å². The van der Waals surface area contributed by atoms with E-state index in [1.54, 1.807) is 12.1 Å². The second-order valence-electron chi connectivity index (χ2n) is 4.71. The third kappa shape index (κ3) is 2.73. The minimum Gasteiger partial charge on any atom is -0.508 e. The van der Waals surface area contributed by atoms with Crippen molar-refractivity contribution in [2.75, 3.05) is 0 Å². The van der Waals surface area contributed by atoms with Gasteiger partial charge in [-0.1, -0.05) is 38.1 Å². The van der Waals surface area contributed by atoms with Gasteiger partial charge in [0.15, 0.2) is 0 Å². The molecule has 2 N–H and O–H groups in total. The number of hydrogen-bond donors (Lipinski definition) is 2. The van der Waals surface area contributed by atoms with Gasteiger partial charge >= 0.3 is 0 Å². The average Bonchev–Trinajstić information content (AvgIpc) is 2.39. The summed E-state index contributed by atoms with van der Waals surface area (Å²) >= 11 is 0. The van der Waals surface area contributed by atoms with Crippen LogP contribution in [0.15, 0.2) is 36.4 Å². The van der Waals surface area contributed by atoms with E-state index in [0.717, 1.165) is 41.5 Å². The number of phenols is 2. The SMILES string of the molecule is CCc1c(O)cccc1Cc1cccc(O)c1CC. The van der Waals surface area contributed by atoms with E-state index in [2.05, 4.69) is 0 Å². The first-order valence-electron chi connectivity index (χ1n) is 6.76. The minimum atomic E-state index is 0.359. The van der Waals surface area contributed by atoms with Crippen LogP contribution < -0.4 is 0 Å². The Hall–Kier alpha value is -1.96. The van der Waals surface area contributed by atoms with Gasteiger partial charge in [0.2, 0.25) is 0 Å². The number of phenolic OH excluding ortho intramolecular Hbond substituents is 2. The normalized spacial score (nSPS) is 10.6. The highest BCUT2D eigenvalue weighted by Gasteiger charge is 2.10. The van der Waals surface area contributed by atoms with Gasteiger partial charge in [0, 0.05) is 0 Å². The monoisotopic (exact) mass is 256 g/mol. The van der Waals surface area contributed by atoms with Crippen LogP contribution in [0.25, 0.3) is 0 Å². The molecule has 100 valence electrons. The first kappa shape index (κ1) is 13.5. The summed E-state index contributed by atoms with van der Waals surface area (Å²) in [4.78, 5) is 0. The Kier molecular flexibility index (Phi) is 4.10. The Morgan fingerprint density at radius 2 is 1.16 bits per heavy atom. The fourth-order valence-electron chi connectivity index (χ4n) is 2.59. The molecule has 0 aliphatic heterocycles. The standard InChI is InChI=1S/C17H20O2/c1-3-14-12(7-5-9-16(14)18)11-13-8-6-10-17(19)15(13)4-2/h5-10,18-19H,3-4,11H2,1-2H3. The predicted molar refractivity (Wildman–Crippen MR) is 77.8 cm³/mol. The molecule has 19 heavy (non-hydrogen) atoms. The van der Waals surface area contributed by atoms with Crippen molar-refractivity contribution in [1.82, 2.24) is 0 Å². The van der Waals surface area contributed by atoms with Crippen molar-refractivity contribution < 1.29 is 10.2 Å². The smallest absolute Gasteiger partial charge is 0.119 e. The molecule has 0 aliphatic carbocycles. The molecule has 0 saturated heterocycles. The molecule has 0 unspecified atom stereocenters. The topological polar surface area (TPSA) is 40.5 Å². The van der Waals surface area contributed by atoms with Crippen molar-refractivity contribution in [2.45, 2.75) is 33.1 Å². The molecule has 2 rings (SSSR count). The summed E-state index contributed by atoms with van der Waals surface area (Å²) in [6.07, 6.45) is 2.36. The van der Waals surface area contributed by atoms with Gasteiger partial charge in [-0.2, -0.15) is 0 Å². The van der Waals surface area contributed by atoms with E-state index in [-0.39, 0.29) is 0 Å². The van der Waals surface area contributed by atoms with Crippen LogP contribution in [-0.4, -0.2) is 10.2 Å². The Bertz CT molecular complexity index is 522. The molecule has 0 heterocycles. The van der Waals surface area contributed by atoms with Crippen LogP contribution in [0.5, 0.6) is 11.5 Å². The quantitative estimate of drug-likeness (QED) is 0.873. The maximum absolute atomic E-state index is 9.90. The molecule has 2 heteroatoms. The lowest BCUT2D eigenvalue weighted by Crippen LogP contribution is -1.98. The van der Waals surface area contributed by atoms with Gasteiger partial charge in [-0.25, -0.2) is 0 Å². The van der Waals surface area contributed by atoms with E-state index >= 15 is 0 Å². The van der Waals surface area contributed by atoms with Crippen LogP contribution in [0.2, 0.25) is 0 Å². The molecule has 0 bridgehead atoms. The number of aromatic hydroxyl groups is 2. The summed E-state index contributed by atoms with van der Waals surface area (Å²) in [5, 5.41) is 19.8. The first-order chi connectivity index (χ1) is 9.17. The van der Waals surface area contributed by atoms with E-state index in [0.29, 0.717) is 11.5 Å². The zero-order valence-electron chi connectivity index (χ0n) is 11.5. The van der Waals surface area contributed by atoms with Crippen LogP contribution in [0, 0.1) is 0 Å². The van der Waals surface area contributed by atoms with E-state index in [1.165, 1.54) is 0 Å². The van der Waals surface area contributed by atoms with Gasteiger partial charge in [-0.3, -0.25) is 0 Å². The fraction of sp³-hybridized carbons (Fsp3) is 0.294. The van der Waals surface area contributed by atoms with E-state index in [4.69, 9.17) is 0 Å². The summed E-state index contributed by atoms with van der Waals surface area (Å²) in [5.74, 6) is 0.719. The van der Waals surface area contributed by atoms with Gasteiger partial charge in [0.05, 0.1) is 0 Å². The largest absolute Gasteiger partial charge is 0.508 e. The molecule has 2 aromatic carbocycles. The summed E-state index contributed by atoms with van der Waals surface area (Å²) in [6, 6.07) is 11.3. The van der Waals surface area contributed by atoms with Crippen LogP contribution in [0.4, 0.5) is 0 Å². The zero-order chi connectivity index (χ0) is 13.8. The van der Waals surface area contributed by atoms with Gasteiger partial charge in [-0.05, 0) is 53.6 Å². The molecule has 0 fully saturated rings. The van der Waals surface area contributed by atoms with Crippen molar-refractivity contribution in [3.63, 3.8) is 0 Å². The van der Waals surface area contributed by atoms with Gasteiger partial charge in [-0.15, -0.1) is 0 Å². The van der Waals surface area contributed by atoms with Crippen molar-refractivity contribution in [2.24, 2.45) is 0 Å². The highest BCUT2D eigenvalue weighted by molar-refractivity contribution is 5.46. The summed E-state index contributed by atoms with van der Waals surface area (Å²) < 4.78 is 0. The number of rotatable bonds is 4. The maximum Gasteiger partial charge on any atom is 0.119 e. The summed E-state index contributed by atoms with van der Waals surface area (Å²) in [7, 11) is 0. The number of hydrogen-bond acceptors (Lipinski definition) is 2. The molecular weight excluding hydrogens is 236 g/mol. The molecule has 0 atom stereocenters. The second-order valence-corrected chi connectivity index (χ2v) is 4.71. The molecular formula is C17H20O2. The summed E-state index contributed by atoms with van der Waals surface area (Å²) in [6.45, 7) is 4.09. The van der Waals surface area contributed by atoms with Gasteiger partial charge < -0.3 is 10.2 Å². The fourth-order valence-corrected chi connectivity index (χ4v) is 2.59. The van der Waals surface area contributed by atoms with E-state index < -0.39 is 0 Å². The van der Waals surface area contributed by atoms with Crippen LogP contribution in [-0.2, 0) is 19.3 Å². The van der Waals surface area contributed by atoms with Crippen molar-refractivity contribution in [3.8, 4) is 11.5 Å². The second kappa shape index (κ2) is 5.79. The molecule has 0 aliphatic rings. The Morgan fingerprint density at radius 3 is 1.53 bits per heavy atom. The lowest BCUT2D eigenvalue weighted by molar-refractivity contribution is 0.467. The maximum atomic E-state index is 9.90. The molecule has 0 radical (unpaired) electrons. The van der Waals surface area contributed by atoms with Crippen molar-refractivity contribution >= 4 is 0 Å². The predicted octanol–water partition coefficient (Wildman–Crippen LogP) is 3.81.